The third-order valence-electron chi connectivity index (χ3n) is 9.15. The molecule has 248 valence electrons. The summed E-state index contributed by atoms with van der Waals surface area (Å²) in [5.41, 5.74) is 0.710. The van der Waals surface area contributed by atoms with E-state index in [-0.39, 0.29) is 53.9 Å². The minimum Gasteiger partial charge on any atom is -0.462 e. The van der Waals surface area contributed by atoms with Crippen LogP contribution in [0.15, 0.2) is 43.5 Å². The van der Waals surface area contributed by atoms with Crippen LogP contribution in [0, 0.1) is 11.3 Å². The molecule has 3 aliphatic heterocycles. The Morgan fingerprint density at radius 1 is 1.17 bits per heavy atom. The van der Waals surface area contributed by atoms with Crippen LogP contribution in [-0.4, -0.2) is 93.7 Å². The number of likely N-dealkylation sites (tertiary alicyclic amines) is 1. The molecule has 5 heterocycles. The number of benzene rings is 1. The first-order valence-electron chi connectivity index (χ1n) is 15.5. The third kappa shape index (κ3) is 6.73. The lowest BCUT2D eigenvalue weighted by atomic mass is 10.0. The Balaban J connectivity index is 1.31. The van der Waals surface area contributed by atoms with Gasteiger partial charge in [0.2, 0.25) is 0 Å². The normalized spacial score (nSPS) is 20.2. The number of imidazole rings is 1. The zero-order chi connectivity index (χ0) is 33.3. The van der Waals surface area contributed by atoms with Crippen molar-refractivity contribution in [1.82, 2.24) is 29.3 Å². The Morgan fingerprint density at radius 3 is 2.70 bits per heavy atom. The van der Waals surface area contributed by atoms with Crippen LogP contribution in [0.5, 0.6) is 6.01 Å². The minimum atomic E-state index is -4.64. The number of likely N-dealkylation sites (N-methyl/N-ethyl adjacent to an activating group) is 1. The summed E-state index contributed by atoms with van der Waals surface area (Å²) in [6, 6.07) is 6.27. The van der Waals surface area contributed by atoms with Gasteiger partial charge in [0.25, 0.3) is 5.91 Å². The molecule has 2 fully saturated rings. The number of fused-ring (bicyclic) bond motifs is 1. The van der Waals surface area contributed by atoms with Crippen LogP contribution in [0.25, 0.3) is 5.70 Å². The molecule has 0 unspecified atom stereocenters. The number of hydrogen-bond acceptors (Lipinski definition) is 9. The van der Waals surface area contributed by atoms with Crippen LogP contribution in [-0.2, 0) is 23.9 Å². The number of rotatable bonds is 8. The van der Waals surface area contributed by atoms with E-state index in [1.54, 1.807) is 26.8 Å². The summed E-state index contributed by atoms with van der Waals surface area (Å²) in [5, 5.41) is 9.32. The van der Waals surface area contributed by atoms with Crippen LogP contribution < -0.4 is 14.5 Å². The number of hydrogen-bond donors (Lipinski definition) is 0. The molecule has 0 aliphatic carbocycles. The average Bonchev–Trinajstić information content (AvgIpc) is 3.74. The second kappa shape index (κ2) is 13.4. The monoisotopic (exact) mass is 669 g/mol. The predicted octanol–water partition coefficient (Wildman–Crippen LogP) is 4.48. The van der Waals surface area contributed by atoms with E-state index in [1.165, 1.54) is 24.5 Å². The van der Waals surface area contributed by atoms with Gasteiger partial charge >= 0.3 is 12.2 Å². The van der Waals surface area contributed by atoms with Crippen LogP contribution in [0.4, 0.5) is 24.7 Å². The summed E-state index contributed by atoms with van der Waals surface area (Å²) in [6.45, 7) is 6.71. The first-order chi connectivity index (χ1) is 22.5. The molecule has 0 saturated carbocycles. The molecule has 47 heavy (non-hydrogen) atoms. The maximum atomic E-state index is 14.1. The van der Waals surface area contributed by atoms with Crippen LogP contribution in [0.2, 0.25) is 5.02 Å². The fraction of sp³-hybridized carbons (Fsp3) is 0.469. The van der Waals surface area contributed by atoms with E-state index in [9.17, 15) is 23.2 Å². The van der Waals surface area contributed by atoms with Crippen molar-refractivity contribution in [2.45, 2.75) is 50.5 Å². The highest BCUT2D eigenvalue weighted by Crippen LogP contribution is 2.43. The maximum Gasteiger partial charge on any atom is 0.419 e. The van der Waals surface area contributed by atoms with Crippen molar-refractivity contribution >= 4 is 34.7 Å². The van der Waals surface area contributed by atoms with Gasteiger partial charge in [-0.05, 0) is 45.0 Å². The molecule has 15 heteroatoms. The zero-order valence-electron chi connectivity index (χ0n) is 26.0. The molecule has 2 aromatic heterocycles. The highest BCUT2D eigenvalue weighted by Gasteiger charge is 2.39. The first-order valence-corrected chi connectivity index (χ1v) is 15.9. The zero-order valence-corrected chi connectivity index (χ0v) is 26.7. The van der Waals surface area contributed by atoms with Crippen molar-refractivity contribution in [2.75, 3.05) is 56.2 Å². The summed E-state index contributed by atoms with van der Waals surface area (Å²) in [7, 11) is 2.04. The third-order valence-corrected chi connectivity index (χ3v) is 9.46. The van der Waals surface area contributed by atoms with Gasteiger partial charge in [-0.25, -0.2) is 4.98 Å². The number of halogens is 4. The Morgan fingerprint density at radius 2 is 2.00 bits per heavy atom. The van der Waals surface area contributed by atoms with Crippen molar-refractivity contribution in [1.29, 1.82) is 5.26 Å². The molecule has 3 aromatic rings. The highest BCUT2D eigenvalue weighted by atomic mass is 35.5. The quantitative estimate of drug-likeness (QED) is 0.321. The Kier molecular flexibility index (Phi) is 9.29. The molecule has 0 radical (unpaired) electrons. The molecule has 0 spiro atoms. The van der Waals surface area contributed by atoms with Crippen LogP contribution in [0.1, 0.15) is 36.1 Å². The molecule has 6 rings (SSSR count). The Hall–Kier alpha value is -4.35. The second-order valence-electron chi connectivity index (χ2n) is 12.0. The lowest BCUT2D eigenvalue weighted by Gasteiger charge is -2.42. The molecular formula is C32H35ClF3N9O2. The maximum absolute atomic E-state index is 14.1. The summed E-state index contributed by atoms with van der Waals surface area (Å²) in [4.78, 5) is 34.5. The summed E-state index contributed by atoms with van der Waals surface area (Å²) in [5.74, 6) is 0.310. The number of amides is 1. The molecule has 1 aromatic carbocycles. The summed E-state index contributed by atoms with van der Waals surface area (Å²) < 4.78 is 50.0. The number of nitrogens with zero attached hydrogens (tertiary/aromatic N) is 9. The first kappa shape index (κ1) is 32.6. The van der Waals surface area contributed by atoms with Gasteiger partial charge in [-0.1, -0.05) is 24.2 Å². The van der Waals surface area contributed by atoms with Gasteiger partial charge < -0.3 is 28.9 Å². The minimum absolute atomic E-state index is 0.00908. The number of alkyl halides is 3. The van der Waals surface area contributed by atoms with E-state index < -0.39 is 17.8 Å². The van der Waals surface area contributed by atoms with Crippen LogP contribution >= 0.6 is 11.6 Å². The molecule has 2 atom stereocenters. The number of aromatic nitrogens is 4. The number of nitriles is 1. The average molecular weight is 670 g/mol. The van der Waals surface area contributed by atoms with Gasteiger partial charge in [0.15, 0.2) is 0 Å². The van der Waals surface area contributed by atoms with Gasteiger partial charge in [0.05, 0.1) is 53.4 Å². The van der Waals surface area contributed by atoms with Crippen molar-refractivity contribution in [3.8, 4) is 12.1 Å². The van der Waals surface area contributed by atoms with Gasteiger partial charge in [-0.2, -0.15) is 28.4 Å². The standard InChI is InChI=1S/C32H35ClF3N9O2/c1-21(44-14-11-38-20-44)30(46)45-16-15-43(17-22(45)8-10-37)29-24-9-13-42(27-7-3-6-25(33)28(27)32(34,35)36)18-26(24)39-31(40-29)47-19-23-5-4-12-41(23)2/h3,6-7,11,14,20,22-23H,1,4-5,8-9,12-13,15-19H2,2H3/t22-,23-/m0/s1. The lowest BCUT2D eigenvalue weighted by Crippen LogP contribution is -2.56. The molecule has 2 saturated heterocycles. The van der Waals surface area contributed by atoms with Crippen molar-refractivity contribution < 1.29 is 22.7 Å². The van der Waals surface area contributed by atoms with Gasteiger partial charge in [0, 0.05) is 50.2 Å². The largest absolute Gasteiger partial charge is 0.462 e. The van der Waals surface area contributed by atoms with Gasteiger partial charge in [-0.15, -0.1) is 0 Å². The smallest absolute Gasteiger partial charge is 0.419 e. The predicted molar refractivity (Wildman–Crippen MR) is 170 cm³/mol. The number of ether oxygens (including phenoxy) is 1. The van der Waals surface area contributed by atoms with E-state index in [4.69, 9.17) is 26.3 Å². The Bertz CT molecular complexity index is 1680. The summed E-state index contributed by atoms with van der Waals surface area (Å²) in [6.07, 6.45) is 2.56. The molecule has 0 bridgehead atoms. The lowest BCUT2D eigenvalue weighted by molar-refractivity contribution is -0.137. The number of piperazine rings is 1. The van der Waals surface area contributed by atoms with Crippen molar-refractivity contribution in [2.24, 2.45) is 0 Å². The molecule has 0 N–H and O–H groups in total. The highest BCUT2D eigenvalue weighted by molar-refractivity contribution is 6.31. The molecule has 1 amide bonds. The second-order valence-corrected chi connectivity index (χ2v) is 12.4. The SMILES string of the molecule is C=C(C(=O)N1CCN(c2nc(OC[C@@H]3CCCN3C)nc3c2CCN(c2cccc(Cl)c2C(F)(F)F)C3)C[C@@H]1CC#N)n1ccnc1. The molecule has 11 nitrogen and oxygen atoms in total. The number of anilines is 2. The van der Waals surface area contributed by atoms with E-state index in [0.29, 0.717) is 44.2 Å². The number of carbonyl (C=O) groups excluding carboxylic acids is 1. The van der Waals surface area contributed by atoms with E-state index in [0.717, 1.165) is 24.9 Å². The molecule has 3 aliphatic rings. The fourth-order valence-electron chi connectivity index (χ4n) is 6.63. The Labute approximate surface area is 275 Å². The van der Waals surface area contributed by atoms with Gasteiger partial charge in [-0.3, -0.25) is 4.79 Å². The summed E-state index contributed by atoms with van der Waals surface area (Å²) >= 11 is 6.06. The van der Waals surface area contributed by atoms with E-state index in [2.05, 4.69) is 22.5 Å². The molecular weight excluding hydrogens is 635 g/mol. The number of carbonyl (C=O) groups is 1. The fourth-order valence-corrected chi connectivity index (χ4v) is 6.90. The topological polar surface area (TPSA) is 107 Å². The van der Waals surface area contributed by atoms with E-state index >= 15 is 0 Å². The van der Waals surface area contributed by atoms with E-state index in [1.807, 2.05) is 11.9 Å². The van der Waals surface area contributed by atoms with Crippen molar-refractivity contribution in [3.05, 3.63) is 65.3 Å². The van der Waals surface area contributed by atoms with Crippen molar-refractivity contribution in [3.63, 3.8) is 0 Å². The van der Waals surface area contributed by atoms with Crippen LogP contribution in [0.3, 0.4) is 0 Å². The van der Waals surface area contributed by atoms with Gasteiger partial charge in [0.1, 0.15) is 18.1 Å².